The number of hydrogen-bond donors (Lipinski definition) is 1. The Morgan fingerprint density at radius 3 is 2.92 bits per heavy atom. The number of carboxylic acids is 1. The summed E-state index contributed by atoms with van der Waals surface area (Å²) in [4.78, 5) is 26.2. The fourth-order valence-corrected chi connectivity index (χ4v) is 4.29. The van der Waals surface area contributed by atoms with Crippen molar-refractivity contribution in [2.75, 3.05) is 20.2 Å². The van der Waals surface area contributed by atoms with Crippen molar-refractivity contribution in [2.45, 2.75) is 38.5 Å². The zero-order valence-electron chi connectivity index (χ0n) is 14.3. The highest BCUT2D eigenvalue weighted by atomic mass is 16.5. The van der Waals surface area contributed by atoms with Crippen molar-refractivity contribution in [3.63, 3.8) is 0 Å². The molecule has 1 unspecified atom stereocenters. The highest BCUT2D eigenvalue weighted by Gasteiger charge is 2.55. The van der Waals surface area contributed by atoms with E-state index in [9.17, 15) is 14.7 Å². The summed E-state index contributed by atoms with van der Waals surface area (Å²) in [7, 11) is 1.63. The summed E-state index contributed by atoms with van der Waals surface area (Å²) in [5.74, 6) is 0.300. The molecule has 1 amide bonds. The van der Waals surface area contributed by atoms with E-state index < -0.39 is 11.4 Å². The molecular weight excluding hydrogens is 306 g/mol. The molecule has 1 heterocycles. The number of likely N-dealkylation sites (tertiary alicyclic amines) is 1. The first-order chi connectivity index (χ1) is 11.5. The predicted octanol–water partition coefficient (Wildman–Crippen LogP) is 2.90. The maximum Gasteiger partial charge on any atom is 0.311 e. The summed E-state index contributed by atoms with van der Waals surface area (Å²) < 4.78 is 5.24. The van der Waals surface area contributed by atoms with Crippen molar-refractivity contribution in [3.8, 4) is 5.75 Å². The second kappa shape index (κ2) is 6.46. The van der Waals surface area contributed by atoms with Crippen molar-refractivity contribution in [3.05, 3.63) is 29.8 Å². The average molecular weight is 331 g/mol. The van der Waals surface area contributed by atoms with Gasteiger partial charge in [-0.2, -0.15) is 0 Å². The Labute approximate surface area is 142 Å². The Hall–Kier alpha value is -2.04. The summed E-state index contributed by atoms with van der Waals surface area (Å²) in [5, 5.41) is 9.64. The lowest BCUT2D eigenvalue weighted by molar-refractivity contribution is -0.149. The van der Waals surface area contributed by atoms with Crippen molar-refractivity contribution >= 4 is 11.9 Å². The molecule has 1 saturated carbocycles. The zero-order valence-corrected chi connectivity index (χ0v) is 14.3. The van der Waals surface area contributed by atoms with Crippen LogP contribution in [0.1, 0.15) is 44.1 Å². The van der Waals surface area contributed by atoms with Crippen LogP contribution in [0.15, 0.2) is 24.3 Å². The zero-order chi connectivity index (χ0) is 17.3. The first-order valence-electron chi connectivity index (χ1n) is 8.61. The monoisotopic (exact) mass is 331 g/mol. The molecule has 1 aromatic rings. The van der Waals surface area contributed by atoms with Crippen LogP contribution in [0.2, 0.25) is 0 Å². The number of hydrogen-bond acceptors (Lipinski definition) is 3. The third-order valence-electron chi connectivity index (χ3n) is 5.79. The molecule has 1 saturated heterocycles. The van der Waals surface area contributed by atoms with Crippen LogP contribution in [0, 0.1) is 11.3 Å². The maximum atomic E-state index is 12.7. The maximum absolute atomic E-state index is 12.7. The van der Waals surface area contributed by atoms with Gasteiger partial charge in [-0.1, -0.05) is 25.5 Å². The van der Waals surface area contributed by atoms with Gasteiger partial charge in [-0.25, -0.2) is 0 Å². The Kier molecular flexibility index (Phi) is 4.52. The lowest BCUT2D eigenvalue weighted by atomic mass is 9.81. The minimum absolute atomic E-state index is 0.0559. The Bertz CT molecular complexity index is 644. The third kappa shape index (κ3) is 2.87. The predicted molar refractivity (Wildman–Crippen MR) is 90.0 cm³/mol. The van der Waals surface area contributed by atoms with Crippen molar-refractivity contribution in [2.24, 2.45) is 11.3 Å². The molecule has 2 fully saturated rings. The van der Waals surface area contributed by atoms with Crippen LogP contribution in [-0.4, -0.2) is 42.1 Å². The highest BCUT2D eigenvalue weighted by Crippen LogP contribution is 2.49. The summed E-state index contributed by atoms with van der Waals surface area (Å²) in [6.07, 6.45) is 2.97. The molecule has 5 heteroatoms. The van der Waals surface area contributed by atoms with Crippen molar-refractivity contribution in [1.29, 1.82) is 0 Å². The molecule has 0 radical (unpaired) electrons. The van der Waals surface area contributed by atoms with E-state index in [0.717, 1.165) is 24.2 Å². The van der Waals surface area contributed by atoms with Gasteiger partial charge >= 0.3 is 5.97 Å². The summed E-state index contributed by atoms with van der Waals surface area (Å²) in [6.45, 7) is 2.99. The molecule has 0 bridgehead atoms. The van der Waals surface area contributed by atoms with Gasteiger partial charge < -0.3 is 14.7 Å². The molecule has 2 aliphatic rings. The van der Waals surface area contributed by atoms with E-state index in [1.807, 2.05) is 31.2 Å². The van der Waals surface area contributed by atoms with Gasteiger partial charge in [0.2, 0.25) is 5.91 Å². The second-order valence-electron chi connectivity index (χ2n) is 7.21. The number of amides is 1. The van der Waals surface area contributed by atoms with Gasteiger partial charge in [0.1, 0.15) is 5.75 Å². The lowest BCUT2D eigenvalue weighted by Crippen LogP contribution is -2.37. The van der Waals surface area contributed by atoms with Gasteiger partial charge in [0.25, 0.3) is 0 Å². The Balaban J connectivity index is 1.66. The molecule has 1 aliphatic carbocycles. The number of carboxylic acid groups (broad SMARTS) is 1. The van der Waals surface area contributed by atoms with E-state index in [0.29, 0.717) is 25.9 Å². The normalized spacial score (nSPS) is 26.9. The number of ether oxygens (including phenoxy) is 1. The molecule has 24 heavy (non-hydrogen) atoms. The first-order valence-corrected chi connectivity index (χ1v) is 8.61. The number of rotatable bonds is 5. The molecule has 130 valence electrons. The van der Waals surface area contributed by atoms with Crippen LogP contribution < -0.4 is 4.74 Å². The van der Waals surface area contributed by atoms with Gasteiger partial charge in [-0.3, -0.25) is 9.59 Å². The smallest absolute Gasteiger partial charge is 0.311 e. The number of benzene rings is 1. The molecular formula is C19H25NO4. The van der Waals surface area contributed by atoms with E-state index in [2.05, 4.69) is 0 Å². The van der Waals surface area contributed by atoms with Crippen molar-refractivity contribution in [1.82, 2.24) is 4.90 Å². The van der Waals surface area contributed by atoms with Crippen LogP contribution in [-0.2, 0) is 9.59 Å². The number of methoxy groups -OCH3 is 1. The summed E-state index contributed by atoms with van der Waals surface area (Å²) >= 11 is 0. The van der Waals surface area contributed by atoms with E-state index in [4.69, 9.17) is 4.74 Å². The van der Waals surface area contributed by atoms with Crippen LogP contribution >= 0.6 is 0 Å². The van der Waals surface area contributed by atoms with Gasteiger partial charge in [0.05, 0.1) is 12.5 Å². The quantitative estimate of drug-likeness (QED) is 0.901. The van der Waals surface area contributed by atoms with Gasteiger partial charge in [-0.05, 0) is 42.4 Å². The van der Waals surface area contributed by atoms with Crippen molar-refractivity contribution < 1.29 is 19.4 Å². The number of aliphatic carboxylic acids is 1. The Morgan fingerprint density at radius 1 is 1.46 bits per heavy atom. The molecule has 3 rings (SSSR count). The highest BCUT2D eigenvalue weighted by molar-refractivity contribution is 5.81. The SMILES string of the molecule is COc1cccc(C(C)CC(=O)N2C[C@@H]3CCC[C@@]3(C(=O)O)C2)c1. The molecule has 1 aromatic carbocycles. The molecule has 0 aromatic heterocycles. The first kappa shape index (κ1) is 16.8. The number of carbonyl (C=O) groups is 2. The molecule has 0 spiro atoms. The minimum Gasteiger partial charge on any atom is -0.497 e. The topological polar surface area (TPSA) is 66.8 Å². The van der Waals surface area contributed by atoms with E-state index >= 15 is 0 Å². The number of fused-ring (bicyclic) bond motifs is 1. The second-order valence-corrected chi connectivity index (χ2v) is 7.21. The van der Waals surface area contributed by atoms with Gasteiger partial charge in [-0.15, -0.1) is 0 Å². The third-order valence-corrected chi connectivity index (χ3v) is 5.79. The fraction of sp³-hybridized carbons (Fsp3) is 0.579. The molecule has 5 nitrogen and oxygen atoms in total. The average Bonchev–Trinajstić information content (AvgIpc) is 3.13. The summed E-state index contributed by atoms with van der Waals surface area (Å²) in [5.41, 5.74) is 0.365. The molecule has 1 aliphatic heterocycles. The van der Waals surface area contributed by atoms with Crippen LogP contribution in [0.3, 0.4) is 0 Å². The van der Waals surface area contributed by atoms with Crippen LogP contribution in [0.4, 0.5) is 0 Å². The van der Waals surface area contributed by atoms with Crippen LogP contribution in [0.5, 0.6) is 5.75 Å². The standard InChI is InChI=1S/C19H25NO4/c1-13(14-5-3-7-16(10-14)24-2)9-17(21)20-11-15-6-4-8-19(15,12-20)18(22)23/h3,5,7,10,13,15H,4,6,8-9,11-12H2,1-2H3,(H,22,23)/t13?,15-,19+/m0/s1. The molecule has 3 atom stereocenters. The Morgan fingerprint density at radius 2 is 2.25 bits per heavy atom. The van der Waals surface area contributed by atoms with E-state index in [-0.39, 0.29) is 17.7 Å². The van der Waals surface area contributed by atoms with Crippen LogP contribution in [0.25, 0.3) is 0 Å². The fourth-order valence-electron chi connectivity index (χ4n) is 4.29. The lowest BCUT2D eigenvalue weighted by Gasteiger charge is -2.24. The van der Waals surface area contributed by atoms with E-state index in [1.165, 1.54) is 0 Å². The largest absolute Gasteiger partial charge is 0.497 e. The van der Waals surface area contributed by atoms with E-state index in [1.54, 1.807) is 12.0 Å². The summed E-state index contributed by atoms with van der Waals surface area (Å²) in [6, 6.07) is 7.76. The number of nitrogens with zero attached hydrogens (tertiary/aromatic N) is 1. The van der Waals surface area contributed by atoms with Gasteiger partial charge in [0.15, 0.2) is 0 Å². The van der Waals surface area contributed by atoms with Gasteiger partial charge in [0, 0.05) is 19.5 Å². The number of carbonyl (C=O) groups excluding carboxylic acids is 1. The molecule has 1 N–H and O–H groups in total. The minimum atomic E-state index is -0.735.